The van der Waals surface area contributed by atoms with Gasteiger partial charge in [-0.2, -0.15) is 12.6 Å². The summed E-state index contributed by atoms with van der Waals surface area (Å²) in [5.74, 6) is -3.36. The minimum absolute atomic E-state index is 0.0909. The molecular formula is C18H36N6O6S. The molecule has 0 aromatic heterocycles. The second-order valence-electron chi connectivity index (χ2n) is 7.06. The second-order valence-corrected chi connectivity index (χ2v) is 7.43. The largest absolute Gasteiger partial charge is 0.480 e. The van der Waals surface area contributed by atoms with Crippen LogP contribution in [0.15, 0.2) is 0 Å². The SMILES string of the molecule is NCCCCC(NC(=O)C(CS)NC(=O)C(CCCCN)NC(=O)C(N)CO)C(=O)O. The lowest BCUT2D eigenvalue weighted by Gasteiger charge is -2.24. The molecular weight excluding hydrogens is 428 g/mol. The summed E-state index contributed by atoms with van der Waals surface area (Å²) in [7, 11) is 0. The molecule has 0 aromatic rings. The van der Waals surface area contributed by atoms with Crippen LogP contribution in [-0.4, -0.2) is 83.5 Å². The Labute approximate surface area is 187 Å². The van der Waals surface area contributed by atoms with Gasteiger partial charge in [-0.1, -0.05) is 0 Å². The van der Waals surface area contributed by atoms with Crippen LogP contribution in [0.3, 0.4) is 0 Å². The third-order valence-electron chi connectivity index (χ3n) is 4.49. The minimum atomic E-state index is -1.20. The van der Waals surface area contributed by atoms with Crippen molar-refractivity contribution in [2.24, 2.45) is 17.2 Å². The third-order valence-corrected chi connectivity index (χ3v) is 4.86. The highest BCUT2D eigenvalue weighted by atomic mass is 32.1. The van der Waals surface area contributed by atoms with Crippen LogP contribution < -0.4 is 33.2 Å². The van der Waals surface area contributed by atoms with Crippen LogP contribution in [0.5, 0.6) is 0 Å². The summed E-state index contributed by atoms with van der Waals surface area (Å²) in [6, 6.07) is -4.45. The zero-order valence-corrected chi connectivity index (χ0v) is 18.5. The molecule has 0 spiro atoms. The van der Waals surface area contributed by atoms with Gasteiger partial charge in [-0.05, 0) is 51.6 Å². The lowest BCUT2D eigenvalue weighted by atomic mass is 10.1. The summed E-state index contributed by atoms with van der Waals surface area (Å²) >= 11 is 4.06. The predicted molar refractivity (Wildman–Crippen MR) is 118 cm³/mol. The highest BCUT2D eigenvalue weighted by Crippen LogP contribution is 2.05. The number of hydrogen-bond acceptors (Lipinski definition) is 9. The van der Waals surface area contributed by atoms with Crippen molar-refractivity contribution in [3.63, 3.8) is 0 Å². The Morgan fingerprint density at radius 2 is 1.23 bits per heavy atom. The van der Waals surface area contributed by atoms with Gasteiger partial charge in [0.15, 0.2) is 0 Å². The number of amides is 3. The average molecular weight is 465 g/mol. The van der Waals surface area contributed by atoms with E-state index in [0.717, 1.165) is 0 Å². The molecule has 3 amide bonds. The van der Waals surface area contributed by atoms with Gasteiger partial charge in [-0.3, -0.25) is 14.4 Å². The molecule has 0 aliphatic rings. The van der Waals surface area contributed by atoms with Crippen molar-refractivity contribution in [3.05, 3.63) is 0 Å². The standard InChI is InChI=1S/C18H36N6O6S/c19-7-3-1-5-12(22-15(26)11(21)9-25)16(27)24-14(10-31)17(28)23-13(18(29)30)6-2-4-8-20/h11-14,25,31H,1-10,19-21H2,(H,22,26)(H,23,28)(H,24,27)(H,29,30). The molecule has 0 aromatic carbocycles. The Balaban J connectivity index is 5.11. The van der Waals surface area contributed by atoms with Gasteiger partial charge in [0.1, 0.15) is 24.2 Å². The Bertz CT molecular complexity index is 582. The molecule has 0 aliphatic heterocycles. The fourth-order valence-corrected chi connectivity index (χ4v) is 2.87. The van der Waals surface area contributed by atoms with Gasteiger partial charge < -0.3 is 43.4 Å². The van der Waals surface area contributed by atoms with Crippen LogP contribution in [0.25, 0.3) is 0 Å². The molecule has 0 saturated heterocycles. The number of aliphatic hydroxyl groups is 1. The van der Waals surface area contributed by atoms with Crippen LogP contribution in [0.4, 0.5) is 0 Å². The molecule has 180 valence electrons. The van der Waals surface area contributed by atoms with E-state index in [1.807, 2.05) is 0 Å². The lowest BCUT2D eigenvalue weighted by molar-refractivity contribution is -0.142. The van der Waals surface area contributed by atoms with E-state index in [4.69, 9.17) is 22.3 Å². The third kappa shape index (κ3) is 11.9. The Morgan fingerprint density at radius 1 is 0.774 bits per heavy atom. The van der Waals surface area contributed by atoms with E-state index in [2.05, 4.69) is 28.6 Å². The van der Waals surface area contributed by atoms with E-state index in [9.17, 15) is 24.3 Å². The molecule has 0 saturated carbocycles. The normalized spacial score (nSPS) is 14.7. The molecule has 0 rings (SSSR count). The van der Waals surface area contributed by atoms with E-state index < -0.39 is 54.5 Å². The van der Waals surface area contributed by atoms with E-state index in [1.54, 1.807) is 0 Å². The van der Waals surface area contributed by atoms with E-state index in [0.29, 0.717) is 38.8 Å². The fourth-order valence-electron chi connectivity index (χ4n) is 2.61. The van der Waals surface area contributed by atoms with E-state index >= 15 is 0 Å². The molecule has 4 atom stereocenters. The van der Waals surface area contributed by atoms with Crippen molar-refractivity contribution in [1.29, 1.82) is 0 Å². The number of aliphatic hydroxyl groups excluding tert-OH is 1. The summed E-state index contributed by atoms with van der Waals surface area (Å²) in [5, 5.41) is 25.6. The van der Waals surface area contributed by atoms with Gasteiger partial charge in [0.25, 0.3) is 0 Å². The van der Waals surface area contributed by atoms with Crippen LogP contribution in [0.1, 0.15) is 38.5 Å². The quantitative estimate of drug-likeness (QED) is 0.0790. The number of unbranched alkanes of at least 4 members (excludes halogenated alkanes) is 2. The fraction of sp³-hybridized carbons (Fsp3) is 0.778. The first kappa shape index (κ1) is 29.1. The first-order valence-electron chi connectivity index (χ1n) is 10.2. The summed E-state index contributed by atoms with van der Waals surface area (Å²) in [5.41, 5.74) is 16.3. The summed E-state index contributed by atoms with van der Waals surface area (Å²) in [6.07, 6.45) is 2.72. The molecule has 0 radical (unpaired) electrons. The Hall–Kier alpha value is -1.93. The van der Waals surface area contributed by atoms with Crippen molar-refractivity contribution >= 4 is 36.3 Å². The summed E-state index contributed by atoms with van der Waals surface area (Å²) in [4.78, 5) is 48.6. The van der Waals surface area contributed by atoms with Crippen LogP contribution >= 0.6 is 12.6 Å². The Morgan fingerprint density at radius 3 is 1.68 bits per heavy atom. The van der Waals surface area contributed by atoms with Crippen molar-refractivity contribution in [1.82, 2.24) is 16.0 Å². The second kappa shape index (κ2) is 16.7. The van der Waals surface area contributed by atoms with Gasteiger partial charge in [0.05, 0.1) is 6.61 Å². The zero-order chi connectivity index (χ0) is 23.8. The highest BCUT2D eigenvalue weighted by molar-refractivity contribution is 7.80. The van der Waals surface area contributed by atoms with Gasteiger partial charge in [-0.15, -0.1) is 0 Å². The maximum absolute atomic E-state index is 12.7. The number of carboxylic acids is 1. The first-order valence-corrected chi connectivity index (χ1v) is 10.9. The van der Waals surface area contributed by atoms with Crippen LogP contribution in [0, 0.1) is 0 Å². The molecule has 0 bridgehead atoms. The highest BCUT2D eigenvalue weighted by Gasteiger charge is 2.29. The number of carboxylic acid groups (broad SMARTS) is 1. The van der Waals surface area contributed by atoms with E-state index in [1.165, 1.54) is 0 Å². The topological polar surface area (TPSA) is 223 Å². The van der Waals surface area contributed by atoms with Crippen LogP contribution in [-0.2, 0) is 19.2 Å². The maximum atomic E-state index is 12.7. The number of aliphatic carboxylic acids is 1. The molecule has 4 unspecified atom stereocenters. The van der Waals surface area contributed by atoms with Crippen molar-refractivity contribution < 1.29 is 29.4 Å². The van der Waals surface area contributed by atoms with Crippen molar-refractivity contribution in [2.45, 2.75) is 62.7 Å². The van der Waals surface area contributed by atoms with Gasteiger partial charge >= 0.3 is 5.97 Å². The summed E-state index contributed by atoms with van der Waals surface area (Å²) < 4.78 is 0. The number of hydrogen-bond donors (Lipinski definition) is 9. The van der Waals surface area contributed by atoms with Crippen LogP contribution in [0.2, 0.25) is 0 Å². The molecule has 13 heteroatoms. The molecule has 0 heterocycles. The molecule has 0 fully saturated rings. The smallest absolute Gasteiger partial charge is 0.326 e. The maximum Gasteiger partial charge on any atom is 0.326 e. The molecule has 12 nitrogen and oxygen atoms in total. The lowest BCUT2D eigenvalue weighted by Crippen LogP contribution is -2.58. The molecule has 0 aliphatic carbocycles. The number of carbonyl (C=O) groups excluding carboxylic acids is 3. The van der Waals surface area contributed by atoms with Gasteiger partial charge in [0.2, 0.25) is 17.7 Å². The summed E-state index contributed by atoms with van der Waals surface area (Å²) in [6.45, 7) is 0.221. The number of thiol groups is 1. The number of nitrogens with two attached hydrogens (primary N) is 3. The average Bonchev–Trinajstić information content (AvgIpc) is 2.74. The van der Waals surface area contributed by atoms with Crippen molar-refractivity contribution in [2.75, 3.05) is 25.4 Å². The Kier molecular flexibility index (Phi) is 15.7. The van der Waals surface area contributed by atoms with Gasteiger partial charge in [-0.25, -0.2) is 4.79 Å². The van der Waals surface area contributed by atoms with Crippen molar-refractivity contribution in [3.8, 4) is 0 Å². The first-order chi connectivity index (χ1) is 14.7. The number of carbonyl (C=O) groups is 4. The molecule has 11 N–H and O–H groups in total. The monoisotopic (exact) mass is 464 g/mol. The number of rotatable bonds is 17. The van der Waals surface area contributed by atoms with E-state index in [-0.39, 0.29) is 18.6 Å². The zero-order valence-electron chi connectivity index (χ0n) is 17.6. The predicted octanol–water partition coefficient (Wildman–Crippen LogP) is -2.97. The minimum Gasteiger partial charge on any atom is -0.480 e. The molecule has 31 heavy (non-hydrogen) atoms. The number of nitrogens with one attached hydrogen (secondary N) is 3. The van der Waals surface area contributed by atoms with Gasteiger partial charge in [0, 0.05) is 5.75 Å².